The molecule has 1 aromatic carbocycles. The lowest BCUT2D eigenvalue weighted by Gasteiger charge is -2.42. The molecular weight excluding hydrogens is 442 g/mol. The van der Waals surface area contributed by atoms with Crippen molar-refractivity contribution in [3.8, 4) is 0 Å². The smallest absolute Gasteiger partial charge is 0.322 e. The Labute approximate surface area is 192 Å². The highest BCUT2D eigenvalue weighted by Crippen LogP contribution is 2.48. The van der Waals surface area contributed by atoms with Crippen LogP contribution in [0.25, 0.3) is 0 Å². The van der Waals surface area contributed by atoms with Crippen LogP contribution in [0.2, 0.25) is 0 Å². The number of nitro groups is 1. The first kappa shape index (κ1) is 25.6. The van der Waals surface area contributed by atoms with Crippen molar-refractivity contribution in [1.82, 2.24) is 0 Å². The maximum atomic E-state index is 13.1. The van der Waals surface area contributed by atoms with Gasteiger partial charge in [0.25, 0.3) is 0 Å². The summed E-state index contributed by atoms with van der Waals surface area (Å²) in [6.45, 7) is 6.20. The topological polar surface area (TPSA) is 95.7 Å². The molecular formula is C22H30ClNO6S. The van der Waals surface area contributed by atoms with Crippen LogP contribution in [0.3, 0.4) is 0 Å². The van der Waals surface area contributed by atoms with Gasteiger partial charge < -0.3 is 9.47 Å². The Kier molecular flexibility index (Phi) is 9.78. The molecule has 0 heterocycles. The summed E-state index contributed by atoms with van der Waals surface area (Å²) in [5.74, 6) is -1.64. The van der Waals surface area contributed by atoms with E-state index in [9.17, 15) is 19.7 Å². The molecule has 4 atom stereocenters. The van der Waals surface area contributed by atoms with Crippen LogP contribution in [0, 0.1) is 23.0 Å². The van der Waals surface area contributed by atoms with Crippen molar-refractivity contribution < 1.29 is 24.0 Å². The van der Waals surface area contributed by atoms with Crippen molar-refractivity contribution in [1.29, 1.82) is 0 Å². The van der Waals surface area contributed by atoms with Gasteiger partial charge in [-0.05, 0) is 44.0 Å². The van der Waals surface area contributed by atoms with Crippen LogP contribution in [0.5, 0.6) is 0 Å². The molecule has 0 aromatic heterocycles. The molecule has 0 aliphatic heterocycles. The minimum absolute atomic E-state index is 0.115. The summed E-state index contributed by atoms with van der Waals surface area (Å²) in [7, 11) is 0. The van der Waals surface area contributed by atoms with E-state index in [2.05, 4.69) is 6.92 Å². The number of thioether (sulfide) groups is 1. The maximum Gasteiger partial charge on any atom is 0.322 e. The Bertz CT molecular complexity index is 774. The molecule has 0 amide bonds. The van der Waals surface area contributed by atoms with Gasteiger partial charge in [0.15, 0.2) is 0 Å². The van der Waals surface area contributed by atoms with Crippen LogP contribution in [0.4, 0.5) is 0 Å². The van der Waals surface area contributed by atoms with E-state index in [4.69, 9.17) is 21.1 Å². The lowest BCUT2D eigenvalue weighted by atomic mass is 9.76. The lowest BCUT2D eigenvalue weighted by Crippen LogP contribution is -2.56. The van der Waals surface area contributed by atoms with E-state index in [0.29, 0.717) is 6.61 Å². The molecule has 4 unspecified atom stereocenters. The monoisotopic (exact) mass is 471 g/mol. The fourth-order valence-corrected chi connectivity index (χ4v) is 5.54. The molecule has 1 fully saturated rings. The number of nitrogens with zero attached hydrogens (tertiary/aromatic N) is 1. The zero-order valence-electron chi connectivity index (χ0n) is 18.2. The van der Waals surface area contributed by atoms with E-state index >= 15 is 0 Å². The Morgan fingerprint density at radius 3 is 2.45 bits per heavy atom. The van der Waals surface area contributed by atoms with Crippen molar-refractivity contribution in [3.63, 3.8) is 0 Å². The summed E-state index contributed by atoms with van der Waals surface area (Å²) in [6, 6.07) is 6.24. The van der Waals surface area contributed by atoms with E-state index in [-0.39, 0.29) is 19.4 Å². The first-order valence-corrected chi connectivity index (χ1v) is 11.8. The molecule has 0 bridgehead atoms. The standard InChI is InChI=1S/C22H30ClNO6S/c1-4-6-7-12-30-18-14-22(21(26)29-5-2,31-16-10-8-15(3)9-11-16)13-17(24(27)28)19(18)20(23)25/h8-11,17-19H,4-7,12-14H2,1-3H3. The number of esters is 1. The average Bonchev–Trinajstić information content (AvgIpc) is 2.72. The molecule has 9 heteroatoms. The van der Waals surface area contributed by atoms with Gasteiger partial charge in [-0.2, -0.15) is 0 Å². The summed E-state index contributed by atoms with van der Waals surface area (Å²) in [4.78, 5) is 37.5. The van der Waals surface area contributed by atoms with E-state index in [1.165, 1.54) is 11.8 Å². The minimum Gasteiger partial charge on any atom is -0.465 e. The molecule has 2 rings (SSSR count). The second-order valence-corrected chi connectivity index (χ2v) is 9.67. The zero-order valence-corrected chi connectivity index (χ0v) is 19.7. The van der Waals surface area contributed by atoms with Crippen LogP contribution in [0.1, 0.15) is 51.5 Å². The Hall–Kier alpha value is -1.64. The zero-order chi connectivity index (χ0) is 23.0. The van der Waals surface area contributed by atoms with Crippen molar-refractivity contribution >= 4 is 34.6 Å². The number of ether oxygens (including phenoxy) is 2. The van der Waals surface area contributed by atoms with E-state index in [0.717, 1.165) is 29.7 Å². The average molecular weight is 472 g/mol. The number of unbranched alkanes of at least 4 members (excludes halogenated alkanes) is 2. The van der Waals surface area contributed by atoms with Gasteiger partial charge >= 0.3 is 5.97 Å². The van der Waals surface area contributed by atoms with Crippen molar-refractivity contribution in [2.75, 3.05) is 13.2 Å². The van der Waals surface area contributed by atoms with Gasteiger partial charge in [-0.15, -0.1) is 11.8 Å². The molecule has 172 valence electrons. The van der Waals surface area contributed by atoms with Crippen LogP contribution in [-0.4, -0.2) is 46.2 Å². The predicted octanol–water partition coefficient (Wildman–Crippen LogP) is 4.79. The number of halogens is 1. The third kappa shape index (κ3) is 6.67. The van der Waals surface area contributed by atoms with Gasteiger partial charge in [-0.25, -0.2) is 0 Å². The molecule has 1 aliphatic rings. The van der Waals surface area contributed by atoms with Gasteiger partial charge in [0.2, 0.25) is 11.3 Å². The number of benzene rings is 1. The molecule has 1 aliphatic carbocycles. The third-order valence-corrected chi connectivity index (χ3v) is 7.13. The molecule has 0 spiro atoms. The highest BCUT2D eigenvalue weighted by Gasteiger charge is 2.58. The second kappa shape index (κ2) is 11.8. The fourth-order valence-electron chi connectivity index (χ4n) is 3.89. The summed E-state index contributed by atoms with van der Waals surface area (Å²) in [5, 5.41) is 11.1. The SMILES string of the molecule is CCCCCOC1CC(Sc2ccc(C)cc2)(C(=O)OCC)CC([N+](=O)[O-])C1C(=O)Cl. The number of aryl methyl sites for hydroxylation is 1. The van der Waals surface area contributed by atoms with E-state index in [1.54, 1.807) is 6.92 Å². The molecule has 7 nitrogen and oxygen atoms in total. The Morgan fingerprint density at radius 1 is 1.23 bits per heavy atom. The molecule has 1 aromatic rings. The minimum atomic E-state index is -1.34. The number of hydrogen-bond donors (Lipinski definition) is 0. The summed E-state index contributed by atoms with van der Waals surface area (Å²) in [5.41, 5.74) is 1.06. The number of carbonyl (C=O) groups excluding carboxylic acids is 2. The predicted molar refractivity (Wildman–Crippen MR) is 120 cm³/mol. The van der Waals surface area contributed by atoms with Gasteiger partial charge in [-0.1, -0.05) is 37.5 Å². The van der Waals surface area contributed by atoms with Crippen LogP contribution >= 0.6 is 23.4 Å². The van der Waals surface area contributed by atoms with Crippen LogP contribution in [-0.2, 0) is 19.1 Å². The first-order valence-electron chi connectivity index (χ1n) is 10.6. The van der Waals surface area contributed by atoms with Gasteiger partial charge in [-0.3, -0.25) is 19.7 Å². The molecule has 0 N–H and O–H groups in total. The number of rotatable bonds is 11. The van der Waals surface area contributed by atoms with Crippen molar-refractivity contribution in [3.05, 3.63) is 39.9 Å². The summed E-state index contributed by atoms with van der Waals surface area (Å²) < 4.78 is 10.0. The molecule has 31 heavy (non-hydrogen) atoms. The summed E-state index contributed by atoms with van der Waals surface area (Å²) >= 11 is 7.03. The number of hydrogen-bond acceptors (Lipinski definition) is 7. The van der Waals surface area contributed by atoms with Gasteiger partial charge in [0.1, 0.15) is 10.7 Å². The quantitative estimate of drug-likeness (QED) is 0.150. The first-order chi connectivity index (χ1) is 14.7. The fraction of sp³-hybridized carbons (Fsp3) is 0.636. The highest BCUT2D eigenvalue weighted by atomic mass is 35.5. The van der Waals surface area contributed by atoms with E-state index in [1.807, 2.05) is 31.2 Å². The Morgan fingerprint density at radius 2 is 1.90 bits per heavy atom. The van der Waals surface area contributed by atoms with Crippen molar-refractivity contribution in [2.45, 2.75) is 74.7 Å². The van der Waals surface area contributed by atoms with Crippen LogP contribution in [0.15, 0.2) is 29.2 Å². The van der Waals surface area contributed by atoms with Gasteiger partial charge in [0.05, 0.1) is 12.7 Å². The number of carbonyl (C=O) groups is 2. The van der Waals surface area contributed by atoms with E-state index < -0.39 is 38.9 Å². The Balaban J connectivity index is 2.43. The van der Waals surface area contributed by atoms with Crippen molar-refractivity contribution in [2.24, 2.45) is 5.92 Å². The third-order valence-electron chi connectivity index (χ3n) is 5.48. The van der Waals surface area contributed by atoms with Gasteiger partial charge in [0, 0.05) is 29.3 Å². The maximum absolute atomic E-state index is 13.1. The van der Waals surface area contributed by atoms with Crippen LogP contribution < -0.4 is 0 Å². The molecule has 0 radical (unpaired) electrons. The molecule has 1 saturated carbocycles. The normalized spacial score (nSPS) is 25.7. The largest absolute Gasteiger partial charge is 0.465 e. The second-order valence-electron chi connectivity index (χ2n) is 7.84. The highest BCUT2D eigenvalue weighted by molar-refractivity contribution is 8.01. The summed E-state index contributed by atoms with van der Waals surface area (Å²) in [6.07, 6.45) is 1.80. The lowest BCUT2D eigenvalue weighted by molar-refractivity contribution is -0.535. The molecule has 0 saturated heterocycles.